The zero-order chi connectivity index (χ0) is 16.9. The molecule has 0 saturated carbocycles. The van der Waals surface area contributed by atoms with Crippen molar-refractivity contribution in [3.8, 4) is 5.75 Å². The van der Waals surface area contributed by atoms with Gasteiger partial charge >= 0.3 is 0 Å². The van der Waals surface area contributed by atoms with Crippen LogP contribution in [0.5, 0.6) is 5.75 Å². The largest absolute Gasteiger partial charge is 0.508 e. The number of rotatable bonds is 5. The molecule has 2 aromatic carbocycles. The summed E-state index contributed by atoms with van der Waals surface area (Å²) in [5, 5.41) is 14.8. The summed E-state index contributed by atoms with van der Waals surface area (Å²) in [6.07, 6.45) is 1.57. The number of aromatic amines is 1. The van der Waals surface area contributed by atoms with Crippen molar-refractivity contribution in [2.45, 2.75) is 0 Å². The highest BCUT2D eigenvalue weighted by Crippen LogP contribution is 2.11. The lowest BCUT2D eigenvalue weighted by molar-refractivity contribution is 0.0927. The summed E-state index contributed by atoms with van der Waals surface area (Å²) >= 11 is 0. The highest BCUT2D eigenvalue weighted by molar-refractivity contribution is 5.97. The van der Waals surface area contributed by atoms with Crippen molar-refractivity contribution in [1.29, 1.82) is 0 Å². The molecule has 0 spiro atoms. The maximum Gasteiger partial charge on any atom is 0.251 e. The number of nitrogens with one attached hydrogen (secondary N) is 3. The number of phenolic OH excluding ortho intramolecular Hbond substituents is 1. The van der Waals surface area contributed by atoms with Gasteiger partial charge in [-0.05, 0) is 36.4 Å². The molecule has 0 bridgehead atoms. The third-order valence-corrected chi connectivity index (χ3v) is 3.49. The predicted octanol–water partition coefficient (Wildman–Crippen LogP) is 1.43. The van der Waals surface area contributed by atoms with E-state index < -0.39 is 0 Å². The number of nitrogens with zero attached hydrogens (tertiary/aromatic N) is 1. The van der Waals surface area contributed by atoms with E-state index in [9.17, 15) is 14.7 Å². The monoisotopic (exact) mass is 324 g/mol. The molecule has 122 valence electrons. The minimum atomic E-state index is -0.306. The van der Waals surface area contributed by atoms with Gasteiger partial charge in [0.1, 0.15) is 5.75 Å². The van der Waals surface area contributed by atoms with Gasteiger partial charge in [-0.25, -0.2) is 4.98 Å². The van der Waals surface area contributed by atoms with E-state index in [-0.39, 0.29) is 24.1 Å². The van der Waals surface area contributed by atoms with Crippen molar-refractivity contribution >= 4 is 22.8 Å². The van der Waals surface area contributed by atoms with Gasteiger partial charge in [0.25, 0.3) is 11.8 Å². The molecule has 3 aromatic rings. The van der Waals surface area contributed by atoms with E-state index in [2.05, 4.69) is 20.6 Å². The summed E-state index contributed by atoms with van der Waals surface area (Å²) in [6.45, 7) is 0.580. The summed E-state index contributed by atoms with van der Waals surface area (Å²) in [5.41, 5.74) is 2.47. The van der Waals surface area contributed by atoms with Crippen molar-refractivity contribution < 1.29 is 14.7 Å². The summed E-state index contributed by atoms with van der Waals surface area (Å²) in [7, 11) is 0. The van der Waals surface area contributed by atoms with Crippen LogP contribution >= 0.6 is 0 Å². The Morgan fingerprint density at radius 2 is 1.71 bits per heavy atom. The van der Waals surface area contributed by atoms with Crippen molar-refractivity contribution in [2.75, 3.05) is 13.1 Å². The number of aromatic hydroxyl groups is 1. The average Bonchev–Trinajstić information content (AvgIpc) is 3.06. The van der Waals surface area contributed by atoms with Gasteiger partial charge in [0.05, 0.1) is 17.4 Å². The molecule has 0 atom stereocenters. The van der Waals surface area contributed by atoms with Gasteiger partial charge in [-0.1, -0.05) is 6.07 Å². The number of aromatic nitrogens is 2. The number of phenols is 1. The second-order valence-electron chi connectivity index (χ2n) is 5.20. The molecule has 0 saturated heterocycles. The topological polar surface area (TPSA) is 107 Å². The molecule has 0 aliphatic rings. The number of carbonyl (C=O) groups excluding carboxylic acids is 2. The number of hydrogen-bond donors (Lipinski definition) is 4. The molecular formula is C17H16N4O3. The number of hydrogen-bond acceptors (Lipinski definition) is 4. The fourth-order valence-electron chi connectivity index (χ4n) is 2.28. The van der Waals surface area contributed by atoms with Crippen LogP contribution in [0.1, 0.15) is 20.7 Å². The molecule has 0 radical (unpaired) electrons. The second kappa shape index (κ2) is 6.82. The molecule has 24 heavy (non-hydrogen) atoms. The first-order valence-corrected chi connectivity index (χ1v) is 7.42. The number of imidazole rings is 1. The number of carbonyl (C=O) groups is 2. The fourth-order valence-corrected chi connectivity index (χ4v) is 2.28. The normalized spacial score (nSPS) is 10.5. The van der Waals surface area contributed by atoms with Crippen molar-refractivity contribution in [3.63, 3.8) is 0 Å². The molecule has 7 heteroatoms. The lowest BCUT2D eigenvalue weighted by Crippen LogP contribution is -2.34. The Kier molecular flexibility index (Phi) is 4.42. The molecule has 0 aliphatic carbocycles. The Balaban J connectivity index is 1.49. The Morgan fingerprint density at radius 3 is 2.42 bits per heavy atom. The molecule has 0 unspecified atom stereocenters. The van der Waals surface area contributed by atoms with E-state index in [0.29, 0.717) is 17.7 Å². The van der Waals surface area contributed by atoms with Crippen LogP contribution in [-0.2, 0) is 0 Å². The Hall–Kier alpha value is -3.35. The highest BCUT2D eigenvalue weighted by Gasteiger charge is 2.08. The molecule has 3 rings (SSSR count). The summed E-state index contributed by atoms with van der Waals surface area (Å²) in [4.78, 5) is 31.0. The van der Waals surface area contributed by atoms with E-state index in [4.69, 9.17) is 0 Å². The van der Waals surface area contributed by atoms with E-state index in [1.165, 1.54) is 12.1 Å². The predicted molar refractivity (Wildman–Crippen MR) is 88.9 cm³/mol. The lowest BCUT2D eigenvalue weighted by atomic mass is 10.2. The number of fused-ring (bicyclic) bond motifs is 1. The fraction of sp³-hybridized carbons (Fsp3) is 0.118. The number of benzene rings is 2. The highest BCUT2D eigenvalue weighted by atomic mass is 16.3. The maximum atomic E-state index is 12.1. The first kappa shape index (κ1) is 15.5. The van der Waals surface area contributed by atoms with Crippen LogP contribution in [-0.4, -0.2) is 40.0 Å². The molecule has 4 N–H and O–H groups in total. The van der Waals surface area contributed by atoms with E-state index in [0.717, 1.165) is 11.0 Å². The second-order valence-corrected chi connectivity index (χ2v) is 5.20. The van der Waals surface area contributed by atoms with Crippen LogP contribution in [0.15, 0.2) is 48.8 Å². The summed E-state index contributed by atoms with van der Waals surface area (Å²) < 4.78 is 0. The molecule has 1 aromatic heterocycles. The van der Waals surface area contributed by atoms with Gasteiger partial charge in [0, 0.05) is 24.2 Å². The molecule has 2 amide bonds. The zero-order valence-electron chi connectivity index (χ0n) is 12.7. The quantitative estimate of drug-likeness (QED) is 0.533. The van der Waals surface area contributed by atoms with Crippen LogP contribution < -0.4 is 10.6 Å². The first-order chi connectivity index (χ1) is 11.6. The molecular weight excluding hydrogens is 308 g/mol. The first-order valence-electron chi connectivity index (χ1n) is 7.42. The summed E-state index contributed by atoms with van der Waals surface area (Å²) in [5.74, 6) is -0.498. The van der Waals surface area contributed by atoms with Crippen LogP contribution in [0.4, 0.5) is 0 Å². The summed E-state index contributed by atoms with van der Waals surface area (Å²) in [6, 6.07) is 11.3. The minimum absolute atomic E-state index is 0.0325. The van der Waals surface area contributed by atoms with Gasteiger partial charge in [-0.2, -0.15) is 0 Å². The third-order valence-electron chi connectivity index (χ3n) is 3.49. The standard InChI is InChI=1S/C17H16N4O3/c22-13-3-1-2-11(8-13)16(23)18-6-7-19-17(24)12-4-5-14-15(9-12)21-10-20-14/h1-5,8-10,22H,6-7H2,(H,18,23)(H,19,24)(H,20,21). The number of amides is 2. The smallest absolute Gasteiger partial charge is 0.251 e. The van der Waals surface area contributed by atoms with Gasteiger partial charge in [-0.3, -0.25) is 9.59 Å². The molecule has 0 aliphatic heterocycles. The third kappa shape index (κ3) is 3.52. The van der Waals surface area contributed by atoms with Gasteiger partial charge in [-0.15, -0.1) is 0 Å². The lowest BCUT2D eigenvalue weighted by Gasteiger charge is -2.07. The van der Waals surface area contributed by atoms with Crippen molar-refractivity contribution in [1.82, 2.24) is 20.6 Å². The minimum Gasteiger partial charge on any atom is -0.508 e. The van der Waals surface area contributed by atoms with Crippen LogP contribution in [0, 0.1) is 0 Å². The van der Waals surface area contributed by atoms with Gasteiger partial charge in [0.15, 0.2) is 0 Å². The van der Waals surface area contributed by atoms with E-state index in [1.807, 2.05) is 0 Å². The van der Waals surface area contributed by atoms with Gasteiger partial charge in [0.2, 0.25) is 0 Å². The van der Waals surface area contributed by atoms with Crippen molar-refractivity contribution in [3.05, 3.63) is 59.9 Å². The van der Waals surface area contributed by atoms with E-state index >= 15 is 0 Å². The number of H-pyrrole nitrogens is 1. The van der Waals surface area contributed by atoms with Crippen LogP contribution in [0.25, 0.3) is 11.0 Å². The average molecular weight is 324 g/mol. The Labute approximate surface area is 137 Å². The van der Waals surface area contributed by atoms with Crippen LogP contribution in [0.3, 0.4) is 0 Å². The Bertz CT molecular complexity index is 888. The molecule has 7 nitrogen and oxygen atoms in total. The SMILES string of the molecule is O=C(NCCNC(=O)c1ccc2nc[nH]c2c1)c1cccc(O)c1. The maximum absolute atomic E-state index is 12.1. The van der Waals surface area contributed by atoms with Gasteiger partial charge < -0.3 is 20.7 Å². The molecule has 0 fully saturated rings. The van der Waals surface area contributed by atoms with Crippen molar-refractivity contribution in [2.24, 2.45) is 0 Å². The Morgan fingerprint density at radius 1 is 1.00 bits per heavy atom. The van der Waals surface area contributed by atoms with Crippen LogP contribution in [0.2, 0.25) is 0 Å². The zero-order valence-corrected chi connectivity index (χ0v) is 12.7. The van der Waals surface area contributed by atoms with E-state index in [1.54, 1.807) is 36.7 Å². The molecule has 1 heterocycles.